The molecule has 0 spiro atoms. The Kier molecular flexibility index (Phi) is 2.94. The first-order valence-electron chi connectivity index (χ1n) is 4.77. The van der Waals surface area contributed by atoms with Crippen molar-refractivity contribution in [2.45, 2.75) is 39.0 Å². The Morgan fingerprint density at radius 1 is 1.09 bits per heavy atom. The summed E-state index contributed by atoms with van der Waals surface area (Å²) in [7, 11) is 4.36. The molecule has 0 aromatic rings. The van der Waals surface area contributed by atoms with Crippen molar-refractivity contribution in [2.24, 2.45) is 5.41 Å². The fourth-order valence-corrected chi connectivity index (χ4v) is 2.33. The molecule has 0 N–H and O–H groups in total. The van der Waals surface area contributed by atoms with Crippen LogP contribution in [-0.2, 0) is 0 Å². The van der Waals surface area contributed by atoms with E-state index >= 15 is 0 Å². The van der Waals surface area contributed by atoms with E-state index in [1.807, 2.05) is 0 Å². The molecule has 1 aliphatic rings. The summed E-state index contributed by atoms with van der Waals surface area (Å²) in [5.41, 5.74) is 0.627. The van der Waals surface area contributed by atoms with E-state index in [0.717, 1.165) is 0 Å². The van der Waals surface area contributed by atoms with Crippen LogP contribution in [0.25, 0.3) is 0 Å². The van der Waals surface area contributed by atoms with Crippen molar-refractivity contribution in [2.75, 3.05) is 20.6 Å². The van der Waals surface area contributed by atoms with Crippen molar-refractivity contribution in [3.63, 3.8) is 0 Å². The number of rotatable bonds is 2. The maximum Gasteiger partial charge on any atom is 0.00292 e. The molecule has 0 unspecified atom stereocenters. The van der Waals surface area contributed by atoms with Gasteiger partial charge in [0.1, 0.15) is 0 Å². The third-order valence-electron chi connectivity index (χ3n) is 2.76. The highest BCUT2D eigenvalue weighted by atomic mass is 15.1. The second kappa shape index (κ2) is 3.57. The van der Waals surface area contributed by atoms with Gasteiger partial charge in [-0.1, -0.05) is 26.2 Å². The summed E-state index contributed by atoms with van der Waals surface area (Å²) in [6.45, 7) is 3.71. The van der Waals surface area contributed by atoms with Gasteiger partial charge >= 0.3 is 0 Å². The SMILES string of the molecule is CN(C)CC1(C)CCCCC1. The second-order valence-corrected chi connectivity index (χ2v) is 4.61. The highest BCUT2D eigenvalue weighted by Gasteiger charge is 2.26. The Labute approximate surface area is 70.8 Å². The minimum absolute atomic E-state index is 0.627. The molecular formula is C10H21N. The fraction of sp³-hybridized carbons (Fsp3) is 1.00. The molecule has 1 nitrogen and oxygen atoms in total. The van der Waals surface area contributed by atoms with Crippen molar-refractivity contribution in [3.05, 3.63) is 0 Å². The third-order valence-corrected chi connectivity index (χ3v) is 2.76. The quantitative estimate of drug-likeness (QED) is 0.592. The van der Waals surface area contributed by atoms with Gasteiger partial charge in [-0.3, -0.25) is 0 Å². The van der Waals surface area contributed by atoms with Crippen LogP contribution < -0.4 is 0 Å². The van der Waals surface area contributed by atoms with Gasteiger partial charge in [0.05, 0.1) is 0 Å². The van der Waals surface area contributed by atoms with Gasteiger partial charge in [0.25, 0.3) is 0 Å². The van der Waals surface area contributed by atoms with Crippen LogP contribution in [0.4, 0.5) is 0 Å². The molecule has 0 aliphatic heterocycles. The topological polar surface area (TPSA) is 3.24 Å². The summed E-state index contributed by atoms with van der Waals surface area (Å²) in [6.07, 6.45) is 7.23. The van der Waals surface area contributed by atoms with Crippen LogP contribution in [0.3, 0.4) is 0 Å². The largest absolute Gasteiger partial charge is 0.309 e. The van der Waals surface area contributed by atoms with E-state index in [-0.39, 0.29) is 0 Å². The van der Waals surface area contributed by atoms with Crippen molar-refractivity contribution < 1.29 is 0 Å². The summed E-state index contributed by atoms with van der Waals surface area (Å²) < 4.78 is 0. The summed E-state index contributed by atoms with van der Waals surface area (Å²) in [5, 5.41) is 0. The van der Waals surface area contributed by atoms with Crippen molar-refractivity contribution in [1.82, 2.24) is 4.90 Å². The molecule has 11 heavy (non-hydrogen) atoms. The van der Waals surface area contributed by atoms with Crippen molar-refractivity contribution >= 4 is 0 Å². The first kappa shape index (κ1) is 9.05. The highest BCUT2D eigenvalue weighted by molar-refractivity contribution is 4.80. The lowest BCUT2D eigenvalue weighted by Crippen LogP contribution is -2.32. The summed E-state index contributed by atoms with van der Waals surface area (Å²) >= 11 is 0. The predicted octanol–water partition coefficient (Wildman–Crippen LogP) is 2.52. The van der Waals surface area contributed by atoms with Gasteiger partial charge in [-0.25, -0.2) is 0 Å². The average Bonchev–Trinajstić information content (AvgIpc) is 1.85. The fourth-order valence-electron chi connectivity index (χ4n) is 2.33. The maximum absolute atomic E-state index is 2.44. The molecule has 1 saturated carbocycles. The lowest BCUT2D eigenvalue weighted by molar-refractivity contribution is 0.155. The van der Waals surface area contributed by atoms with Gasteiger partial charge in [0, 0.05) is 6.54 Å². The van der Waals surface area contributed by atoms with E-state index in [1.54, 1.807) is 0 Å². The van der Waals surface area contributed by atoms with E-state index in [9.17, 15) is 0 Å². The van der Waals surface area contributed by atoms with E-state index in [1.165, 1.54) is 38.6 Å². The minimum Gasteiger partial charge on any atom is -0.309 e. The van der Waals surface area contributed by atoms with Gasteiger partial charge in [-0.15, -0.1) is 0 Å². The Balaban J connectivity index is 2.37. The molecule has 66 valence electrons. The molecule has 1 aliphatic carbocycles. The van der Waals surface area contributed by atoms with Crippen LogP contribution in [0, 0.1) is 5.41 Å². The van der Waals surface area contributed by atoms with Crippen molar-refractivity contribution in [3.8, 4) is 0 Å². The zero-order chi connectivity index (χ0) is 8.32. The molecule has 0 aromatic carbocycles. The zero-order valence-corrected chi connectivity index (χ0v) is 8.19. The minimum atomic E-state index is 0.627. The average molecular weight is 155 g/mol. The molecule has 1 rings (SSSR count). The molecule has 1 fully saturated rings. The van der Waals surface area contributed by atoms with E-state index in [0.29, 0.717) is 5.41 Å². The molecule has 0 saturated heterocycles. The lowest BCUT2D eigenvalue weighted by Gasteiger charge is -2.35. The Bertz CT molecular complexity index is 112. The van der Waals surface area contributed by atoms with E-state index in [2.05, 4.69) is 25.9 Å². The van der Waals surface area contributed by atoms with Crippen LogP contribution >= 0.6 is 0 Å². The number of hydrogen-bond acceptors (Lipinski definition) is 1. The van der Waals surface area contributed by atoms with Crippen LogP contribution in [0.5, 0.6) is 0 Å². The second-order valence-electron chi connectivity index (χ2n) is 4.61. The van der Waals surface area contributed by atoms with Gasteiger partial charge in [-0.2, -0.15) is 0 Å². The number of hydrogen-bond donors (Lipinski definition) is 0. The van der Waals surface area contributed by atoms with Gasteiger partial charge in [-0.05, 0) is 32.4 Å². The van der Waals surface area contributed by atoms with Crippen LogP contribution in [-0.4, -0.2) is 25.5 Å². The Morgan fingerprint density at radius 3 is 2.09 bits per heavy atom. The molecule has 0 heterocycles. The Morgan fingerprint density at radius 2 is 1.64 bits per heavy atom. The summed E-state index contributed by atoms with van der Waals surface area (Å²) in [6, 6.07) is 0. The smallest absolute Gasteiger partial charge is 0.00292 e. The van der Waals surface area contributed by atoms with Crippen molar-refractivity contribution in [1.29, 1.82) is 0 Å². The molecule has 0 aromatic heterocycles. The van der Waals surface area contributed by atoms with E-state index in [4.69, 9.17) is 0 Å². The van der Waals surface area contributed by atoms with Gasteiger partial charge in [0.2, 0.25) is 0 Å². The van der Waals surface area contributed by atoms with Crippen LogP contribution in [0.2, 0.25) is 0 Å². The monoisotopic (exact) mass is 155 g/mol. The normalized spacial score (nSPS) is 24.0. The van der Waals surface area contributed by atoms with Crippen LogP contribution in [0.1, 0.15) is 39.0 Å². The molecule has 0 amide bonds. The molecule has 0 radical (unpaired) electrons. The highest BCUT2D eigenvalue weighted by Crippen LogP contribution is 2.35. The van der Waals surface area contributed by atoms with Crippen LogP contribution in [0.15, 0.2) is 0 Å². The zero-order valence-electron chi connectivity index (χ0n) is 8.19. The lowest BCUT2D eigenvalue weighted by atomic mass is 9.75. The number of nitrogens with zero attached hydrogens (tertiary/aromatic N) is 1. The van der Waals surface area contributed by atoms with E-state index < -0.39 is 0 Å². The van der Waals surface area contributed by atoms with Gasteiger partial charge < -0.3 is 4.90 Å². The molecule has 0 bridgehead atoms. The maximum atomic E-state index is 2.44. The summed E-state index contributed by atoms with van der Waals surface area (Å²) in [4.78, 5) is 2.32. The van der Waals surface area contributed by atoms with Gasteiger partial charge in [0.15, 0.2) is 0 Å². The first-order valence-corrected chi connectivity index (χ1v) is 4.77. The summed E-state index contributed by atoms with van der Waals surface area (Å²) in [5.74, 6) is 0. The molecule has 1 heteroatoms. The molecular weight excluding hydrogens is 134 g/mol. The Hall–Kier alpha value is -0.0400. The first-order chi connectivity index (χ1) is 5.12. The predicted molar refractivity (Wildman–Crippen MR) is 49.7 cm³/mol. The standard InChI is InChI=1S/C10H21N/c1-10(9-11(2)3)7-5-4-6-8-10/h4-9H2,1-3H3. The molecule has 0 atom stereocenters. The third kappa shape index (κ3) is 2.82.